The monoisotopic (exact) mass is 370 g/mol. The summed E-state index contributed by atoms with van der Waals surface area (Å²) >= 11 is 0. The SMILES string of the molecule is CCOC(=O)c1ccc(-n2c(-c3ccccc3)nc3ccccc3c2=O)cc1. The van der Waals surface area contributed by atoms with Crippen molar-refractivity contribution in [1.82, 2.24) is 9.55 Å². The Morgan fingerprint density at radius 1 is 0.929 bits per heavy atom. The number of benzene rings is 3. The molecule has 4 aromatic rings. The molecule has 0 bridgehead atoms. The van der Waals surface area contributed by atoms with Gasteiger partial charge in [0.15, 0.2) is 0 Å². The van der Waals surface area contributed by atoms with Gasteiger partial charge in [-0.2, -0.15) is 0 Å². The van der Waals surface area contributed by atoms with Gasteiger partial charge in [0.2, 0.25) is 0 Å². The van der Waals surface area contributed by atoms with E-state index in [2.05, 4.69) is 0 Å². The highest BCUT2D eigenvalue weighted by Crippen LogP contribution is 2.22. The van der Waals surface area contributed by atoms with E-state index in [9.17, 15) is 9.59 Å². The van der Waals surface area contributed by atoms with Crippen LogP contribution in [0, 0.1) is 0 Å². The zero-order valence-corrected chi connectivity index (χ0v) is 15.3. The minimum atomic E-state index is -0.388. The smallest absolute Gasteiger partial charge is 0.338 e. The number of fused-ring (bicyclic) bond motifs is 1. The van der Waals surface area contributed by atoms with Crippen molar-refractivity contribution in [2.45, 2.75) is 6.92 Å². The molecule has 1 aromatic heterocycles. The van der Waals surface area contributed by atoms with E-state index in [1.54, 1.807) is 41.8 Å². The number of esters is 1. The predicted molar refractivity (Wildman–Crippen MR) is 109 cm³/mol. The fourth-order valence-corrected chi connectivity index (χ4v) is 3.11. The van der Waals surface area contributed by atoms with E-state index in [-0.39, 0.29) is 11.5 Å². The van der Waals surface area contributed by atoms with Crippen LogP contribution in [-0.2, 0) is 4.74 Å². The first-order valence-electron chi connectivity index (χ1n) is 9.04. The lowest BCUT2D eigenvalue weighted by Crippen LogP contribution is -2.22. The second kappa shape index (κ2) is 7.48. The van der Waals surface area contributed by atoms with Crippen LogP contribution in [0.1, 0.15) is 17.3 Å². The Hall–Kier alpha value is -3.73. The van der Waals surface area contributed by atoms with Crippen LogP contribution in [0.5, 0.6) is 0 Å². The summed E-state index contributed by atoms with van der Waals surface area (Å²) in [6, 6.07) is 23.6. The number of hydrogen-bond donors (Lipinski definition) is 0. The van der Waals surface area contributed by atoms with Gasteiger partial charge in [-0.25, -0.2) is 9.78 Å². The highest BCUT2D eigenvalue weighted by atomic mass is 16.5. The third-order valence-electron chi connectivity index (χ3n) is 4.44. The molecule has 0 aliphatic heterocycles. The van der Waals surface area contributed by atoms with E-state index in [0.29, 0.717) is 34.6 Å². The molecule has 0 unspecified atom stereocenters. The molecule has 0 saturated heterocycles. The van der Waals surface area contributed by atoms with Crippen molar-refractivity contribution < 1.29 is 9.53 Å². The molecular weight excluding hydrogens is 352 g/mol. The van der Waals surface area contributed by atoms with Crippen molar-refractivity contribution in [3.05, 3.63) is 94.8 Å². The number of para-hydroxylation sites is 1. The van der Waals surface area contributed by atoms with Gasteiger partial charge in [-0.1, -0.05) is 42.5 Å². The van der Waals surface area contributed by atoms with E-state index in [1.807, 2.05) is 48.5 Å². The predicted octanol–water partition coefficient (Wildman–Crippen LogP) is 4.23. The fourth-order valence-electron chi connectivity index (χ4n) is 3.11. The average molecular weight is 370 g/mol. The van der Waals surface area contributed by atoms with Crippen molar-refractivity contribution in [2.75, 3.05) is 6.61 Å². The van der Waals surface area contributed by atoms with Crippen LogP contribution in [-0.4, -0.2) is 22.1 Å². The van der Waals surface area contributed by atoms with Crippen molar-refractivity contribution in [3.8, 4) is 17.1 Å². The number of ether oxygens (including phenoxy) is 1. The molecule has 4 rings (SSSR count). The second-order valence-electron chi connectivity index (χ2n) is 6.23. The first kappa shape index (κ1) is 17.7. The number of rotatable bonds is 4. The molecule has 0 aliphatic rings. The number of aromatic nitrogens is 2. The Balaban J connectivity index is 1.94. The number of carbonyl (C=O) groups excluding carboxylic acids is 1. The Morgan fingerprint density at radius 3 is 2.32 bits per heavy atom. The number of hydrogen-bond acceptors (Lipinski definition) is 4. The van der Waals surface area contributed by atoms with Gasteiger partial charge in [-0.15, -0.1) is 0 Å². The molecular formula is C23H18N2O3. The lowest BCUT2D eigenvalue weighted by molar-refractivity contribution is 0.0526. The summed E-state index contributed by atoms with van der Waals surface area (Å²) < 4.78 is 6.60. The van der Waals surface area contributed by atoms with Crippen LogP contribution in [0.25, 0.3) is 28.0 Å². The maximum absolute atomic E-state index is 13.3. The van der Waals surface area contributed by atoms with Gasteiger partial charge < -0.3 is 4.74 Å². The quantitative estimate of drug-likeness (QED) is 0.505. The summed E-state index contributed by atoms with van der Waals surface area (Å²) in [5.41, 5.74) is 2.39. The highest BCUT2D eigenvalue weighted by molar-refractivity contribution is 5.89. The minimum Gasteiger partial charge on any atom is -0.462 e. The van der Waals surface area contributed by atoms with Gasteiger partial charge >= 0.3 is 5.97 Å². The summed E-state index contributed by atoms with van der Waals surface area (Å²) in [6.07, 6.45) is 0. The van der Waals surface area contributed by atoms with Crippen LogP contribution in [0.15, 0.2) is 83.7 Å². The first-order chi connectivity index (χ1) is 13.7. The van der Waals surface area contributed by atoms with Crippen molar-refractivity contribution in [2.24, 2.45) is 0 Å². The molecule has 1 heterocycles. The van der Waals surface area contributed by atoms with E-state index in [1.165, 1.54) is 0 Å². The van der Waals surface area contributed by atoms with Crippen LogP contribution in [0.3, 0.4) is 0 Å². The van der Waals surface area contributed by atoms with E-state index in [4.69, 9.17) is 9.72 Å². The summed E-state index contributed by atoms with van der Waals surface area (Å²) in [7, 11) is 0. The molecule has 138 valence electrons. The van der Waals surface area contributed by atoms with Gasteiger partial charge in [0.1, 0.15) is 5.82 Å². The van der Waals surface area contributed by atoms with Gasteiger partial charge in [-0.3, -0.25) is 9.36 Å². The van der Waals surface area contributed by atoms with Gasteiger partial charge in [-0.05, 0) is 43.3 Å². The van der Waals surface area contributed by atoms with E-state index in [0.717, 1.165) is 5.56 Å². The molecule has 0 fully saturated rings. The summed E-state index contributed by atoms with van der Waals surface area (Å²) in [5, 5.41) is 0.539. The van der Waals surface area contributed by atoms with Crippen LogP contribution >= 0.6 is 0 Å². The summed E-state index contributed by atoms with van der Waals surface area (Å²) in [5.74, 6) is 0.162. The summed E-state index contributed by atoms with van der Waals surface area (Å²) in [6.45, 7) is 2.07. The molecule has 0 saturated carbocycles. The van der Waals surface area contributed by atoms with Crippen LogP contribution in [0.4, 0.5) is 0 Å². The average Bonchev–Trinajstić information content (AvgIpc) is 2.75. The van der Waals surface area contributed by atoms with Crippen LogP contribution in [0.2, 0.25) is 0 Å². The van der Waals surface area contributed by atoms with Gasteiger partial charge in [0.05, 0.1) is 28.8 Å². The Morgan fingerprint density at radius 2 is 1.61 bits per heavy atom. The standard InChI is InChI=1S/C23H18N2O3/c1-2-28-23(27)17-12-14-18(15-13-17)25-21(16-8-4-3-5-9-16)24-20-11-7-6-10-19(20)22(25)26/h3-15H,2H2,1H3. The molecule has 28 heavy (non-hydrogen) atoms. The largest absolute Gasteiger partial charge is 0.462 e. The second-order valence-corrected chi connectivity index (χ2v) is 6.23. The van der Waals surface area contributed by atoms with Crippen molar-refractivity contribution in [1.29, 1.82) is 0 Å². The van der Waals surface area contributed by atoms with Crippen LogP contribution < -0.4 is 5.56 Å². The van der Waals surface area contributed by atoms with Gasteiger partial charge in [0, 0.05) is 5.56 Å². The fraction of sp³-hybridized carbons (Fsp3) is 0.0870. The molecule has 0 amide bonds. The van der Waals surface area contributed by atoms with Crippen molar-refractivity contribution >= 4 is 16.9 Å². The summed E-state index contributed by atoms with van der Waals surface area (Å²) in [4.78, 5) is 29.9. The number of carbonyl (C=O) groups is 1. The molecule has 5 heteroatoms. The third kappa shape index (κ3) is 3.18. The van der Waals surface area contributed by atoms with Crippen molar-refractivity contribution in [3.63, 3.8) is 0 Å². The molecule has 0 spiro atoms. The lowest BCUT2D eigenvalue weighted by Gasteiger charge is -2.14. The van der Waals surface area contributed by atoms with E-state index >= 15 is 0 Å². The Labute approximate surface area is 161 Å². The maximum Gasteiger partial charge on any atom is 0.338 e. The zero-order valence-electron chi connectivity index (χ0n) is 15.3. The topological polar surface area (TPSA) is 61.2 Å². The zero-order chi connectivity index (χ0) is 19.5. The lowest BCUT2D eigenvalue weighted by atomic mass is 10.1. The Kier molecular flexibility index (Phi) is 4.72. The molecule has 5 nitrogen and oxygen atoms in total. The Bertz CT molecular complexity index is 1200. The molecule has 3 aromatic carbocycles. The number of nitrogens with zero attached hydrogens (tertiary/aromatic N) is 2. The molecule has 0 radical (unpaired) electrons. The first-order valence-corrected chi connectivity index (χ1v) is 9.04. The normalized spacial score (nSPS) is 10.8. The van der Waals surface area contributed by atoms with Gasteiger partial charge in [0.25, 0.3) is 5.56 Å². The third-order valence-corrected chi connectivity index (χ3v) is 4.44. The minimum absolute atomic E-state index is 0.159. The molecule has 0 atom stereocenters. The highest BCUT2D eigenvalue weighted by Gasteiger charge is 2.15. The van der Waals surface area contributed by atoms with E-state index < -0.39 is 0 Å². The molecule has 0 aliphatic carbocycles. The maximum atomic E-state index is 13.3. The molecule has 0 N–H and O–H groups in total.